The molecule has 0 amide bonds. The van der Waals surface area contributed by atoms with Crippen molar-refractivity contribution >= 4 is 11.1 Å². The summed E-state index contributed by atoms with van der Waals surface area (Å²) < 4.78 is 9.48. The van der Waals surface area contributed by atoms with Crippen molar-refractivity contribution in [3.05, 3.63) is 61.9 Å². The highest BCUT2D eigenvalue weighted by Gasteiger charge is 1.91. The van der Waals surface area contributed by atoms with Gasteiger partial charge in [0.25, 0.3) is 0 Å². The Balaban J connectivity index is 0.000000114. The van der Waals surface area contributed by atoms with Crippen LogP contribution in [-0.2, 0) is 0 Å². The summed E-state index contributed by atoms with van der Waals surface area (Å²) in [6.07, 6.45) is 9.16. The molecule has 3 aromatic heterocycles. The molecular weight excluding hydrogens is 246 g/mol. The third-order valence-electron chi connectivity index (χ3n) is 1.92. The van der Waals surface area contributed by atoms with Gasteiger partial charge in [0.2, 0.25) is 0 Å². The Labute approximate surface area is 108 Å². The number of hydrogen-bond donors (Lipinski definition) is 1. The van der Waals surface area contributed by atoms with Crippen molar-refractivity contribution in [2.24, 2.45) is 0 Å². The molecule has 3 heterocycles. The summed E-state index contributed by atoms with van der Waals surface area (Å²) in [5.41, 5.74) is 1.76. The second-order valence-electron chi connectivity index (χ2n) is 3.16. The van der Waals surface area contributed by atoms with Crippen LogP contribution in [0.5, 0.6) is 0 Å². The number of aromatic amines is 1. The lowest BCUT2D eigenvalue weighted by Crippen LogP contribution is -1.61. The molecule has 4 aromatic rings. The monoisotopic (exact) mass is 257 g/mol. The molecule has 7 nitrogen and oxygen atoms in total. The molecule has 0 unspecified atom stereocenters. The normalized spacial score (nSPS) is 9.05. The second kappa shape index (κ2) is 7.38. The maximum absolute atomic E-state index is 5.01. The first-order valence-corrected chi connectivity index (χ1v) is 5.37. The number of fused-ring (bicyclic) bond motifs is 1. The molecule has 7 heteroatoms. The fourth-order valence-electron chi connectivity index (χ4n) is 1.15. The lowest BCUT2D eigenvalue weighted by atomic mass is 10.3. The van der Waals surface area contributed by atoms with Gasteiger partial charge in [0.05, 0.1) is 12.4 Å². The summed E-state index contributed by atoms with van der Waals surface area (Å²) in [5, 5.41) is 9.26. The predicted molar refractivity (Wildman–Crippen MR) is 66.9 cm³/mol. The highest BCUT2D eigenvalue weighted by atomic mass is 16.3. The molecule has 0 spiro atoms. The van der Waals surface area contributed by atoms with Gasteiger partial charge in [-0.15, -0.1) is 5.10 Å². The number of nitrogens with one attached hydrogen (secondary N) is 1. The van der Waals surface area contributed by atoms with Gasteiger partial charge < -0.3 is 8.83 Å². The minimum Gasteiger partial charge on any atom is -0.452 e. The van der Waals surface area contributed by atoms with Gasteiger partial charge >= 0.3 is 0 Å². The average molecular weight is 257 g/mol. The molecule has 4 rings (SSSR count). The summed E-state index contributed by atoms with van der Waals surface area (Å²) in [5.74, 6) is 0. The number of oxazole rings is 2. The number of H-pyrrole nitrogens is 1. The van der Waals surface area contributed by atoms with Gasteiger partial charge in [-0.2, -0.15) is 0 Å². The lowest BCUT2D eigenvalue weighted by molar-refractivity contribution is 0.558. The van der Waals surface area contributed by atoms with Crippen LogP contribution in [0.4, 0.5) is 0 Å². The molecule has 0 aliphatic rings. The predicted octanol–water partition coefficient (Wildman–Crippen LogP) is 2.31. The molecule has 0 radical (unpaired) electrons. The van der Waals surface area contributed by atoms with E-state index in [-0.39, 0.29) is 0 Å². The topological polar surface area (TPSA) is 93.6 Å². The van der Waals surface area contributed by atoms with E-state index in [9.17, 15) is 0 Å². The van der Waals surface area contributed by atoms with Crippen molar-refractivity contribution in [2.75, 3.05) is 0 Å². The fraction of sp³-hybridized carbons (Fsp3) is 0. The number of hydrogen-bond acceptors (Lipinski definition) is 6. The summed E-state index contributed by atoms with van der Waals surface area (Å²) in [6, 6.07) is 7.67. The van der Waals surface area contributed by atoms with Crippen LogP contribution in [0.3, 0.4) is 0 Å². The van der Waals surface area contributed by atoms with Crippen molar-refractivity contribution < 1.29 is 8.83 Å². The standard InChI is InChI=1S/C7H5NO.C3H3NO.C2H3N3/c1-2-4-7-6(3-1)8-5-9-7;1-2-5-3-4-1;1-2-4-5-3-1/h1-5H;1-3H;1-2H,(H,3,4,5). The Bertz CT molecular complexity index is 555. The van der Waals surface area contributed by atoms with Crippen LogP contribution in [0.1, 0.15) is 0 Å². The van der Waals surface area contributed by atoms with E-state index in [1.165, 1.54) is 19.1 Å². The largest absolute Gasteiger partial charge is 0.452 e. The first-order chi connectivity index (χ1) is 9.47. The number of para-hydroxylation sites is 2. The van der Waals surface area contributed by atoms with E-state index in [1.54, 1.807) is 18.6 Å². The minimum absolute atomic E-state index is 0.845. The van der Waals surface area contributed by atoms with Crippen LogP contribution in [0.25, 0.3) is 11.1 Å². The average Bonchev–Trinajstić information content (AvgIpc) is 3.22. The van der Waals surface area contributed by atoms with Crippen molar-refractivity contribution in [2.45, 2.75) is 0 Å². The van der Waals surface area contributed by atoms with Gasteiger partial charge in [0.15, 0.2) is 18.4 Å². The smallest absolute Gasteiger partial charge is 0.181 e. The van der Waals surface area contributed by atoms with Gasteiger partial charge in [-0.3, -0.25) is 5.10 Å². The number of benzene rings is 1. The third kappa shape index (κ3) is 4.43. The van der Waals surface area contributed by atoms with E-state index in [1.807, 2.05) is 24.3 Å². The third-order valence-corrected chi connectivity index (χ3v) is 1.92. The Hall–Kier alpha value is -2.96. The lowest BCUT2D eigenvalue weighted by Gasteiger charge is -1.79. The molecular formula is C12H11N5O2. The van der Waals surface area contributed by atoms with Gasteiger partial charge in [-0.1, -0.05) is 17.3 Å². The summed E-state index contributed by atoms with van der Waals surface area (Å²) in [6.45, 7) is 0. The summed E-state index contributed by atoms with van der Waals surface area (Å²) in [7, 11) is 0. The first kappa shape index (κ1) is 12.5. The van der Waals surface area contributed by atoms with E-state index >= 15 is 0 Å². The zero-order valence-corrected chi connectivity index (χ0v) is 9.88. The number of rotatable bonds is 0. The second-order valence-corrected chi connectivity index (χ2v) is 3.16. The fourth-order valence-corrected chi connectivity index (χ4v) is 1.15. The molecule has 0 aliphatic heterocycles. The Morgan fingerprint density at radius 3 is 2.53 bits per heavy atom. The van der Waals surface area contributed by atoms with Crippen molar-refractivity contribution in [3.63, 3.8) is 0 Å². The molecule has 1 aromatic carbocycles. The van der Waals surface area contributed by atoms with Gasteiger partial charge in [0.1, 0.15) is 11.8 Å². The van der Waals surface area contributed by atoms with E-state index in [0.717, 1.165) is 11.1 Å². The SMILES string of the molecule is c1c[nH]nn1.c1ccc2ocnc2c1.c1cocn1. The highest BCUT2D eigenvalue weighted by molar-refractivity contribution is 5.71. The number of nitrogens with zero attached hydrogens (tertiary/aromatic N) is 4. The first-order valence-electron chi connectivity index (χ1n) is 5.37. The molecule has 1 N–H and O–H groups in total. The van der Waals surface area contributed by atoms with Crippen LogP contribution in [-0.4, -0.2) is 25.4 Å². The van der Waals surface area contributed by atoms with Crippen molar-refractivity contribution in [1.29, 1.82) is 0 Å². The van der Waals surface area contributed by atoms with E-state index in [2.05, 4.69) is 29.8 Å². The van der Waals surface area contributed by atoms with Crippen LogP contribution in [0.15, 0.2) is 70.7 Å². The molecule has 0 fully saturated rings. The quantitative estimate of drug-likeness (QED) is 0.519. The maximum atomic E-state index is 5.01. The van der Waals surface area contributed by atoms with E-state index < -0.39 is 0 Å². The van der Waals surface area contributed by atoms with Crippen LogP contribution in [0.2, 0.25) is 0 Å². The Morgan fingerprint density at radius 1 is 1.05 bits per heavy atom. The number of aromatic nitrogens is 5. The molecule has 0 aliphatic carbocycles. The Morgan fingerprint density at radius 2 is 2.00 bits per heavy atom. The summed E-state index contributed by atoms with van der Waals surface area (Å²) >= 11 is 0. The van der Waals surface area contributed by atoms with Crippen LogP contribution >= 0.6 is 0 Å². The van der Waals surface area contributed by atoms with Crippen LogP contribution in [0, 0.1) is 0 Å². The minimum atomic E-state index is 0.845. The van der Waals surface area contributed by atoms with Gasteiger partial charge in [0, 0.05) is 6.20 Å². The van der Waals surface area contributed by atoms with Crippen molar-refractivity contribution in [3.8, 4) is 0 Å². The molecule has 19 heavy (non-hydrogen) atoms. The van der Waals surface area contributed by atoms with E-state index in [4.69, 9.17) is 4.42 Å². The molecule has 96 valence electrons. The van der Waals surface area contributed by atoms with E-state index in [0.29, 0.717) is 0 Å². The molecule has 0 atom stereocenters. The zero-order chi connectivity index (χ0) is 13.2. The zero-order valence-electron chi connectivity index (χ0n) is 9.88. The molecule has 0 saturated carbocycles. The van der Waals surface area contributed by atoms with Crippen LogP contribution < -0.4 is 0 Å². The Kier molecular flexibility index (Phi) is 4.86. The highest BCUT2D eigenvalue weighted by Crippen LogP contribution is 2.09. The molecule has 0 saturated heterocycles. The molecule has 0 bridgehead atoms. The maximum Gasteiger partial charge on any atom is 0.181 e. The van der Waals surface area contributed by atoms with Crippen molar-refractivity contribution in [1.82, 2.24) is 25.4 Å². The van der Waals surface area contributed by atoms with Gasteiger partial charge in [-0.05, 0) is 12.1 Å². The van der Waals surface area contributed by atoms with Gasteiger partial charge in [-0.25, -0.2) is 9.97 Å². The summed E-state index contributed by atoms with van der Waals surface area (Å²) in [4.78, 5) is 7.51.